The number of pyridine rings is 1. The molecule has 1 amide bonds. The molecule has 3 rings (SSSR count). The van der Waals surface area contributed by atoms with E-state index in [9.17, 15) is 15.0 Å². The molecule has 0 aromatic carbocycles. The van der Waals surface area contributed by atoms with Crippen LogP contribution in [-0.4, -0.2) is 66.4 Å². The normalized spacial score (nSPS) is 23.2. The Morgan fingerprint density at radius 2 is 2.35 bits per heavy atom. The van der Waals surface area contributed by atoms with Gasteiger partial charge in [0.2, 0.25) is 0 Å². The highest BCUT2D eigenvalue weighted by Gasteiger charge is 2.34. The molecule has 0 bridgehead atoms. The van der Waals surface area contributed by atoms with Gasteiger partial charge in [-0.2, -0.15) is 0 Å². The van der Waals surface area contributed by atoms with Gasteiger partial charge in [-0.05, 0) is 35.4 Å². The summed E-state index contributed by atoms with van der Waals surface area (Å²) < 4.78 is 1.47. The zero-order valence-electron chi connectivity index (χ0n) is 10.8. The Hall–Kier alpha value is -2.06. The number of amides is 1. The van der Waals surface area contributed by atoms with E-state index in [0.717, 1.165) is 0 Å². The lowest BCUT2D eigenvalue weighted by atomic mass is 9.93. The van der Waals surface area contributed by atoms with Gasteiger partial charge in [0.05, 0.1) is 13.2 Å². The van der Waals surface area contributed by atoms with E-state index in [1.807, 2.05) is 0 Å². The molecule has 8 heteroatoms. The Morgan fingerprint density at radius 1 is 1.50 bits per heavy atom. The number of aromatic nitrogens is 4. The molecule has 0 unspecified atom stereocenters. The summed E-state index contributed by atoms with van der Waals surface area (Å²) in [4.78, 5) is 14.0. The van der Waals surface area contributed by atoms with E-state index in [1.54, 1.807) is 23.2 Å². The number of hydrogen-bond acceptors (Lipinski definition) is 6. The van der Waals surface area contributed by atoms with Crippen molar-refractivity contribution >= 4 is 11.6 Å². The van der Waals surface area contributed by atoms with Crippen LogP contribution in [0.3, 0.4) is 0 Å². The number of hydrogen-bond donors (Lipinski definition) is 2. The SMILES string of the molecule is O=C(c1ccn2nnnc2c1)N1CCC[C@@](O)(CO)C1. The molecular formula is C12H15N5O3. The number of nitrogens with zero attached hydrogens (tertiary/aromatic N) is 5. The lowest BCUT2D eigenvalue weighted by Crippen LogP contribution is -2.52. The molecule has 2 N–H and O–H groups in total. The van der Waals surface area contributed by atoms with Gasteiger partial charge in [0.25, 0.3) is 5.91 Å². The Morgan fingerprint density at radius 3 is 3.15 bits per heavy atom. The van der Waals surface area contributed by atoms with Gasteiger partial charge in [-0.25, -0.2) is 4.52 Å². The average molecular weight is 277 g/mol. The summed E-state index contributed by atoms with van der Waals surface area (Å²) in [7, 11) is 0. The van der Waals surface area contributed by atoms with Crippen molar-refractivity contribution in [2.24, 2.45) is 0 Å². The van der Waals surface area contributed by atoms with Crippen molar-refractivity contribution in [1.82, 2.24) is 24.9 Å². The Labute approximate surface area is 114 Å². The molecule has 1 aliphatic heterocycles. The second kappa shape index (κ2) is 4.80. The van der Waals surface area contributed by atoms with Crippen LogP contribution in [0.4, 0.5) is 0 Å². The zero-order chi connectivity index (χ0) is 14.2. The van der Waals surface area contributed by atoms with Gasteiger partial charge < -0.3 is 15.1 Å². The molecule has 20 heavy (non-hydrogen) atoms. The number of tetrazole rings is 1. The number of aliphatic hydroxyl groups is 2. The first-order valence-corrected chi connectivity index (χ1v) is 6.42. The third-order valence-electron chi connectivity index (χ3n) is 3.58. The van der Waals surface area contributed by atoms with Crippen LogP contribution in [0.15, 0.2) is 18.3 Å². The van der Waals surface area contributed by atoms with Crippen molar-refractivity contribution in [3.63, 3.8) is 0 Å². The molecule has 1 saturated heterocycles. The average Bonchev–Trinajstić information content (AvgIpc) is 2.94. The summed E-state index contributed by atoms with van der Waals surface area (Å²) in [6.45, 7) is 0.361. The number of fused-ring (bicyclic) bond motifs is 1. The van der Waals surface area contributed by atoms with Crippen molar-refractivity contribution in [1.29, 1.82) is 0 Å². The first kappa shape index (κ1) is 12.9. The number of piperidine rings is 1. The molecule has 2 aromatic rings. The minimum atomic E-state index is -1.20. The van der Waals surface area contributed by atoms with E-state index in [4.69, 9.17) is 0 Å². The van der Waals surface area contributed by atoms with E-state index in [2.05, 4.69) is 15.5 Å². The van der Waals surface area contributed by atoms with E-state index < -0.39 is 5.60 Å². The molecule has 2 aromatic heterocycles. The molecule has 0 saturated carbocycles. The highest BCUT2D eigenvalue weighted by molar-refractivity contribution is 5.95. The summed E-state index contributed by atoms with van der Waals surface area (Å²) in [5.74, 6) is -0.193. The number of β-amino-alcohol motifs (C(OH)–C–C–N with tert-alkyl or cyclic N) is 1. The van der Waals surface area contributed by atoms with Gasteiger partial charge >= 0.3 is 0 Å². The predicted molar refractivity (Wildman–Crippen MR) is 68.0 cm³/mol. The van der Waals surface area contributed by atoms with Gasteiger partial charge in [-0.15, -0.1) is 5.10 Å². The minimum absolute atomic E-state index is 0.137. The number of aliphatic hydroxyl groups excluding tert-OH is 1. The molecule has 1 aliphatic rings. The smallest absolute Gasteiger partial charge is 0.254 e. The fraction of sp³-hybridized carbons (Fsp3) is 0.500. The van der Waals surface area contributed by atoms with Crippen molar-refractivity contribution in [2.75, 3.05) is 19.7 Å². The molecule has 106 valence electrons. The summed E-state index contributed by atoms with van der Waals surface area (Å²) in [6.07, 6.45) is 2.78. The van der Waals surface area contributed by atoms with Crippen molar-refractivity contribution < 1.29 is 15.0 Å². The molecular weight excluding hydrogens is 262 g/mol. The lowest BCUT2D eigenvalue weighted by Gasteiger charge is -2.38. The standard InChI is InChI=1S/C12H15N5O3/c18-8-12(20)3-1-4-16(7-12)11(19)9-2-5-17-10(6-9)13-14-15-17/h2,5-6,18,20H,1,3-4,7-8H2/t12-/m0/s1. The highest BCUT2D eigenvalue weighted by Crippen LogP contribution is 2.22. The lowest BCUT2D eigenvalue weighted by molar-refractivity contribution is -0.0598. The van der Waals surface area contributed by atoms with Crippen LogP contribution in [0, 0.1) is 0 Å². The summed E-state index contributed by atoms with van der Waals surface area (Å²) in [5.41, 5.74) is -0.242. The number of carbonyl (C=O) groups is 1. The molecule has 8 nitrogen and oxygen atoms in total. The van der Waals surface area contributed by atoms with Crippen molar-refractivity contribution in [2.45, 2.75) is 18.4 Å². The molecule has 1 atom stereocenters. The second-order valence-electron chi connectivity index (χ2n) is 5.11. The maximum atomic E-state index is 12.4. The summed E-state index contributed by atoms with van der Waals surface area (Å²) in [6, 6.07) is 3.24. The molecule has 3 heterocycles. The number of rotatable bonds is 2. The number of likely N-dealkylation sites (tertiary alicyclic amines) is 1. The summed E-state index contributed by atoms with van der Waals surface area (Å²) >= 11 is 0. The van der Waals surface area contributed by atoms with Crippen molar-refractivity contribution in [3.8, 4) is 0 Å². The molecule has 0 aliphatic carbocycles. The van der Waals surface area contributed by atoms with E-state index >= 15 is 0 Å². The van der Waals surface area contributed by atoms with Crippen LogP contribution in [0.25, 0.3) is 5.65 Å². The molecule has 0 spiro atoms. The monoisotopic (exact) mass is 277 g/mol. The fourth-order valence-electron chi connectivity index (χ4n) is 2.47. The molecule has 0 radical (unpaired) electrons. The first-order valence-electron chi connectivity index (χ1n) is 6.42. The molecule has 1 fully saturated rings. The maximum absolute atomic E-state index is 12.4. The van der Waals surface area contributed by atoms with E-state index in [0.29, 0.717) is 30.6 Å². The van der Waals surface area contributed by atoms with Gasteiger partial charge in [0, 0.05) is 18.3 Å². The quantitative estimate of drug-likeness (QED) is 0.736. The topological polar surface area (TPSA) is 104 Å². The largest absolute Gasteiger partial charge is 0.393 e. The van der Waals surface area contributed by atoms with Gasteiger partial charge in [0.15, 0.2) is 5.65 Å². The van der Waals surface area contributed by atoms with Crippen LogP contribution in [0.1, 0.15) is 23.2 Å². The van der Waals surface area contributed by atoms with Crippen molar-refractivity contribution in [3.05, 3.63) is 23.9 Å². The minimum Gasteiger partial charge on any atom is -0.393 e. The maximum Gasteiger partial charge on any atom is 0.254 e. The van der Waals surface area contributed by atoms with Gasteiger partial charge in [-0.1, -0.05) is 0 Å². The Balaban J connectivity index is 1.84. The predicted octanol–water partition coefficient (Wildman–Crippen LogP) is -0.916. The van der Waals surface area contributed by atoms with Crippen LogP contribution in [0.2, 0.25) is 0 Å². The van der Waals surface area contributed by atoms with Crippen LogP contribution in [0.5, 0.6) is 0 Å². The summed E-state index contributed by atoms with van der Waals surface area (Å²) in [5, 5.41) is 30.4. The van der Waals surface area contributed by atoms with Gasteiger partial charge in [0.1, 0.15) is 5.60 Å². The van der Waals surface area contributed by atoms with Crippen LogP contribution in [-0.2, 0) is 0 Å². The van der Waals surface area contributed by atoms with Crippen LogP contribution >= 0.6 is 0 Å². The van der Waals surface area contributed by atoms with E-state index in [-0.39, 0.29) is 19.1 Å². The van der Waals surface area contributed by atoms with Crippen LogP contribution < -0.4 is 0 Å². The van der Waals surface area contributed by atoms with Gasteiger partial charge in [-0.3, -0.25) is 4.79 Å². The highest BCUT2D eigenvalue weighted by atomic mass is 16.3. The first-order chi connectivity index (χ1) is 9.61. The number of carbonyl (C=O) groups excluding carboxylic acids is 1. The zero-order valence-corrected chi connectivity index (χ0v) is 10.8. The third-order valence-corrected chi connectivity index (χ3v) is 3.58. The third kappa shape index (κ3) is 2.23. The Bertz CT molecular complexity index is 643. The van der Waals surface area contributed by atoms with E-state index in [1.165, 1.54) is 4.52 Å². The second-order valence-corrected chi connectivity index (χ2v) is 5.11. The fourth-order valence-corrected chi connectivity index (χ4v) is 2.47. The Kier molecular flexibility index (Phi) is 3.11.